The van der Waals surface area contributed by atoms with E-state index in [0.717, 1.165) is 0 Å². The summed E-state index contributed by atoms with van der Waals surface area (Å²) < 4.78 is 53.8. The van der Waals surface area contributed by atoms with Crippen LogP contribution in [0.2, 0.25) is 0 Å². The van der Waals surface area contributed by atoms with Gasteiger partial charge in [0.1, 0.15) is 5.75 Å². The van der Waals surface area contributed by atoms with Crippen molar-refractivity contribution >= 4 is 21.6 Å². The summed E-state index contributed by atoms with van der Waals surface area (Å²) in [6.07, 6.45) is 1.14. The summed E-state index contributed by atoms with van der Waals surface area (Å²) in [5.74, 6) is 0.488. The van der Waals surface area contributed by atoms with Crippen LogP contribution < -0.4 is 9.46 Å². The molecule has 1 rings (SSSR count). The van der Waals surface area contributed by atoms with Crippen LogP contribution in [0.25, 0.3) is 0 Å². The van der Waals surface area contributed by atoms with Crippen LogP contribution in [-0.2, 0) is 16.6 Å². The van der Waals surface area contributed by atoms with E-state index >= 15 is 0 Å². The Morgan fingerprint density at radius 3 is 2.40 bits per heavy atom. The summed E-state index contributed by atoms with van der Waals surface area (Å²) in [4.78, 5) is 0. The maximum atomic E-state index is 11.9. The van der Waals surface area contributed by atoms with Crippen molar-refractivity contribution in [2.45, 2.75) is 26.0 Å². The van der Waals surface area contributed by atoms with E-state index in [1.54, 1.807) is 0 Å². The second-order valence-corrected chi connectivity index (χ2v) is 6.36. The van der Waals surface area contributed by atoms with Crippen LogP contribution in [0.5, 0.6) is 5.75 Å². The molecule has 20 heavy (non-hydrogen) atoms. The lowest BCUT2D eigenvalue weighted by atomic mass is 10.2. The molecule has 0 bridgehead atoms. The normalized spacial score (nSPS) is 11.8. The van der Waals surface area contributed by atoms with Crippen molar-refractivity contribution in [3.8, 4) is 5.75 Å². The van der Waals surface area contributed by atoms with Crippen molar-refractivity contribution in [3.63, 3.8) is 0 Å². The molecule has 0 atom stereocenters. The molecule has 0 radical (unpaired) electrons. The van der Waals surface area contributed by atoms with Crippen molar-refractivity contribution in [1.82, 2.24) is 4.72 Å². The van der Waals surface area contributed by atoms with E-state index in [-0.39, 0.29) is 18.0 Å². The number of hydrogen-bond donors (Lipinski definition) is 1. The van der Waals surface area contributed by atoms with Crippen LogP contribution in [0, 0.1) is 0 Å². The molecule has 0 spiro atoms. The van der Waals surface area contributed by atoms with Gasteiger partial charge >= 0.3 is 6.61 Å². The third-order valence-electron chi connectivity index (χ3n) is 2.44. The van der Waals surface area contributed by atoms with Crippen LogP contribution in [0.4, 0.5) is 8.78 Å². The fourth-order valence-electron chi connectivity index (χ4n) is 1.44. The smallest absolute Gasteiger partial charge is 0.387 e. The second-order valence-electron chi connectivity index (χ2n) is 4.06. The molecule has 4 nitrogen and oxygen atoms in total. The van der Waals surface area contributed by atoms with Gasteiger partial charge in [-0.05, 0) is 30.5 Å². The van der Waals surface area contributed by atoms with Crippen LogP contribution in [0.3, 0.4) is 0 Å². The molecule has 0 aliphatic heterocycles. The summed E-state index contributed by atoms with van der Waals surface area (Å²) in [5.41, 5.74) is 0.660. The SMILES string of the molecule is O=S(=O)(CCCCCl)NCc1ccc(OC(F)F)cc1. The average molecular weight is 328 g/mol. The van der Waals surface area contributed by atoms with E-state index in [4.69, 9.17) is 11.6 Å². The van der Waals surface area contributed by atoms with Crippen molar-refractivity contribution < 1.29 is 21.9 Å². The number of ether oxygens (including phenoxy) is 1. The maximum Gasteiger partial charge on any atom is 0.387 e. The number of benzene rings is 1. The van der Waals surface area contributed by atoms with Gasteiger partial charge < -0.3 is 4.74 Å². The van der Waals surface area contributed by atoms with Crippen LogP contribution in [0.1, 0.15) is 18.4 Å². The summed E-state index contributed by atoms with van der Waals surface area (Å²) in [7, 11) is -3.34. The molecule has 0 aromatic heterocycles. The predicted molar refractivity (Wildman–Crippen MR) is 73.7 cm³/mol. The van der Waals surface area contributed by atoms with Gasteiger partial charge in [-0.25, -0.2) is 13.1 Å². The molecule has 0 aliphatic carbocycles. The van der Waals surface area contributed by atoms with Crippen molar-refractivity contribution in [1.29, 1.82) is 0 Å². The molecule has 114 valence electrons. The van der Waals surface area contributed by atoms with Gasteiger partial charge in [0.2, 0.25) is 10.0 Å². The first-order valence-electron chi connectivity index (χ1n) is 6.00. The van der Waals surface area contributed by atoms with Crippen LogP contribution >= 0.6 is 11.6 Å². The Bertz CT molecular complexity index is 494. The maximum absolute atomic E-state index is 11.9. The van der Waals surface area contributed by atoms with E-state index < -0.39 is 16.6 Å². The number of alkyl halides is 3. The fraction of sp³-hybridized carbons (Fsp3) is 0.500. The molecular formula is C12H16ClF2NO3S. The van der Waals surface area contributed by atoms with Gasteiger partial charge in [-0.1, -0.05) is 12.1 Å². The predicted octanol–water partition coefficient (Wildman–Crippen LogP) is 2.73. The van der Waals surface area contributed by atoms with Gasteiger partial charge in [0.15, 0.2) is 0 Å². The molecule has 0 heterocycles. The molecule has 0 fully saturated rings. The molecule has 1 N–H and O–H groups in total. The van der Waals surface area contributed by atoms with Crippen LogP contribution in [-0.4, -0.2) is 26.7 Å². The Balaban J connectivity index is 2.45. The Labute approximate surface area is 122 Å². The Morgan fingerprint density at radius 1 is 1.20 bits per heavy atom. The third kappa shape index (κ3) is 7.02. The number of halogens is 3. The number of unbranched alkanes of at least 4 members (excludes halogenated alkanes) is 1. The zero-order valence-electron chi connectivity index (χ0n) is 10.7. The minimum Gasteiger partial charge on any atom is -0.435 e. The minimum atomic E-state index is -3.34. The Kier molecular flexibility index (Phi) is 7.18. The van der Waals surface area contributed by atoms with E-state index in [0.29, 0.717) is 24.3 Å². The molecule has 0 saturated heterocycles. The van der Waals surface area contributed by atoms with Gasteiger partial charge in [-0.2, -0.15) is 8.78 Å². The molecule has 0 saturated carbocycles. The minimum absolute atomic E-state index is 0.0201. The van der Waals surface area contributed by atoms with Gasteiger partial charge in [-0.15, -0.1) is 11.6 Å². The second kappa shape index (κ2) is 8.39. The highest BCUT2D eigenvalue weighted by molar-refractivity contribution is 7.89. The van der Waals surface area contributed by atoms with Crippen LogP contribution in [0.15, 0.2) is 24.3 Å². The topological polar surface area (TPSA) is 55.4 Å². The van der Waals surface area contributed by atoms with E-state index in [1.165, 1.54) is 24.3 Å². The van der Waals surface area contributed by atoms with Gasteiger partial charge in [-0.3, -0.25) is 0 Å². The lowest BCUT2D eigenvalue weighted by Crippen LogP contribution is -2.26. The highest BCUT2D eigenvalue weighted by Gasteiger charge is 2.09. The van der Waals surface area contributed by atoms with Crippen molar-refractivity contribution in [2.24, 2.45) is 0 Å². The highest BCUT2D eigenvalue weighted by atomic mass is 35.5. The largest absolute Gasteiger partial charge is 0.435 e. The fourth-order valence-corrected chi connectivity index (χ4v) is 2.74. The van der Waals surface area contributed by atoms with Crippen molar-refractivity contribution in [2.75, 3.05) is 11.6 Å². The molecule has 1 aromatic carbocycles. The lowest BCUT2D eigenvalue weighted by molar-refractivity contribution is -0.0498. The quantitative estimate of drug-likeness (QED) is 0.560. The standard InChI is InChI=1S/C12H16ClF2NO3S/c13-7-1-2-8-20(17,18)16-9-10-3-5-11(6-4-10)19-12(14)15/h3-6,12,16H,1-2,7-9H2. The molecule has 8 heteroatoms. The number of rotatable bonds is 9. The summed E-state index contributed by atoms with van der Waals surface area (Å²) in [6, 6.07) is 5.78. The molecule has 0 aliphatic rings. The first kappa shape index (κ1) is 17.1. The monoisotopic (exact) mass is 327 g/mol. The molecular weight excluding hydrogens is 312 g/mol. The lowest BCUT2D eigenvalue weighted by Gasteiger charge is -2.08. The van der Waals surface area contributed by atoms with Gasteiger partial charge in [0.25, 0.3) is 0 Å². The van der Waals surface area contributed by atoms with Crippen molar-refractivity contribution in [3.05, 3.63) is 29.8 Å². The van der Waals surface area contributed by atoms with E-state index in [9.17, 15) is 17.2 Å². The zero-order valence-corrected chi connectivity index (χ0v) is 12.3. The molecule has 0 amide bonds. The Hall–Kier alpha value is -0.920. The molecule has 1 aromatic rings. The number of hydrogen-bond acceptors (Lipinski definition) is 3. The number of nitrogens with one attached hydrogen (secondary N) is 1. The first-order valence-corrected chi connectivity index (χ1v) is 8.18. The average Bonchev–Trinajstić information content (AvgIpc) is 2.37. The number of sulfonamides is 1. The third-order valence-corrected chi connectivity index (χ3v) is 4.12. The Morgan fingerprint density at radius 2 is 1.85 bits per heavy atom. The summed E-state index contributed by atoms with van der Waals surface area (Å²) in [5, 5.41) is 0. The first-order chi connectivity index (χ1) is 9.43. The zero-order chi connectivity index (χ0) is 15.0. The molecule has 0 unspecified atom stereocenters. The van der Waals surface area contributed by atoms with E-state index in [1.807, 2.05) is 0 Å². The highest BCUT2D eigenvalue weighted by Crippen LogP contribution is 2.14. The van der Waals surface area contributed by atoms with Gasteiger partial charge in [0, 0.05) is 12.4 Å². The van der Waals surface area contributed by atoms with E-state index in [2.05, 4.69) is 9.46 Å². The van der Waals surface area contributed by atoms with Gasteiger partial charge in [0.05, 0.1) is 5.75 Å². The summed E-state index contributed by atoms with van der Waals surface area (Å²) in [6.45, 7) is -2.76. The summed E-state index contributed by atoms with van der Waals surface area (Å²) >= 11 is 5.47.